The van der Waals surface area contributed by atoms with Crippen LogP contribution in [-0.2, 0) is 26.9 Å². The van der Waals surface area contributed by atoms with Gasteiger partial charge in [-0.15, -0.1) is 0 Å². The summed E-state index contributed by atoms with van der Waals surface area (Å²) in [5.74, 6) is 1.26. The van der Waals surface area contributed by atoms with Crippen molar-refractivity contribution < 1.29 is 22.7 Å². The summed E-state index contributed by atoms with van der Waals surface area (Å²) >= 11 is 0. The number of hydrogen-bond acceptors (Lipinski definition) is 7. The Morgan fingerprint density at radius 1 is 1.00 bits per heavy atom. The van der Waals surface area contributed by atoms with Crippen LogP contribution in [0.3, 0.4) is 0 Å². The number of aromatic nitrogens is 2. The quantitative estimate of drug-likeness (QED) is 0.221. The van der Waals surface area contributed by atoms with Crippen LogP contribution in [0.15, 0.2) is 66.7 Å². The summed E-state index contributed by atoms with van der Waals surface area (Å²) in [6.45, 7) is 16.4. The smallest absolute Gasteiger partial charge is 0.324 e. The fourth-order valence-electron chi connectivity index (χ4n) is 5.78. The van der Waals surface area contributed by atoms with Gasteiger partial charge in [0.1, 0.15) is 18.2 Å². The van der Waals surface area contributed by atoms with Crippen LogP contribution in [0.5, 0.6) is 5.75 Å². The number of rotatable bonds is 9. The molecule has 0 unspecified atom stereocenters. The first-order chi connectivity index (χ1) is 22.8. The normalized spacial score (nSPS) is 18.2. The zero-order valence-electron chi connectivity index (χ0n) is 28.1. The van der Waals surface area contributed by atoms with Gasteiger partial charge in [0, 0.05) is 54.0 Å². The maximum absolute atomic E-state index is 13.5. The van der Waals surface area contributed by atoms with Gasteiger partial charge in [-0.2, -0.15) is 22.5 Å². The Kier molecular flexibility index (Phi) is 9.51. The molecule has 2 amide bonds. The molecule has 2 saturated heterocycles. The third-order valence-electron chi connectivity index (χ3n) is 8.62. The van der Waals surface area contributed by atoms with Crippen LogP contribution in [0.2, 0.25) is 0 Å². The number of benzene rings is 3. The van der Waals surface area contributed by atoms with E-state index in [1.807, 2.05) is 80.6 Å². The minimum atomic E-state index is -3.60. The topological polar surface area (TPSA) is 130 Å². The molecule has 0 spiro atoms. The van der Waals surface area contributed by atoms with Gasteiger partial charge in [-0.1, -0.05) is 57.2 Å². The van der Waals surface area contributed by atoms with Crippen LogP contribution in [0.25, 0.3) is 16.5 Å². The third-order valence-corrected chi connectivity index (χ3v) is 10.2. The number of anilines is 2. The van der Waals surface area contributed by atoms with Crippen LogP contribution in [-0.4, -0.2) is 78.4 Å². The fraction of sp³-hybridized carbons (Fsp3) is 0.400. The molecule has 2 aliphatic rings. The molecule has 0 atom stereocenters. The molecule has 12 nitrogen and oxygen atoms in total. The van der Waals surface area contributed by atoms with Gasteiger partial charge in [0.15, 0.2) is 0 Å². The van der Waals surface area contributed by atoms with Crippen molar-refractivity contribution in [2.24, 2.45) is 0 Å². The van der Waals surface area contributed by atoms with E-state index in [1.165, 1.54) is 4.31 Å². The number of nitrogens with zero attached hydrogens (tertiary/aromatic N) is 4. The largest absolute Gasteiger partial charge is 0.492 e. The van der Waals surface area contributed by atoms with E-state index in [-0.39, 0.29) is 12.0 Å². The first-order valence-electron chi connectivity index (χ1n) is 16.2. The molecule has 0 saturated carbocycles. The molecule has 1 radical (unpaired) electrons. The summed E-state index contributed by atoms with van der Waals surface area (Å²) in [4.78, 5) is 15.8. The molecular formula is C35H44N7O5S. The first-order valence-corrected chi connectivity index (χ1v) is 17.6. The minimum absolute atomic E-state index is 0.213. The summed E-state index contributed by atoms with van der Waals surface area (Å²) in [5, 5.41) is 12.6. The Bertz CT molecular complexity index is 1880. The summed E-state index contributed by atoms with van der Waals surface area (Å²) in [5.41, 5.74) is 2.07. The van der Waals surface area contributed by atoms with Crippen molar-refractivity contribution >= 4 is 38.5 Å². The zero-order chi connectivity index (χ0) is 34.1. The number of nitrogens with one attached hydrogen (secondary N) is 3. The van der Waals surface area contributed by atoms with E-state index < -0.39 is 21.8 Å². The molecule has 0 bridgehead atoms. The van der Waals surface area contributed by atoms with Gasteiger partial charge in [0.25, 0.3) is 10.2 Å². The van der Waals surface area contributed by atoms with Gasteiger partial charge in [-0.3, -0.25) is 10.2 Å². The van der Waals surface area contributed by atoms with E-state index in [9.17, 15) is 13.2 Å². The molecule has 2 fully saturated rings. The predicted molar refractivity (Wildman–Crippen MR) is 188 cm³/mol. The number of carbonyl (C=O) groups excluding carboxylic acids is 1. The van der Waals surface area contributed by atoms with E-state index in [0.717, 1.165) is 66.3 Å². The van der Waals surface area contributed by atoms with E-state index in [2.05, 4.69) is 41.0 Å². The molecule has 0 aliphatic carbocycles. The highest BCUT2D eigenvalue weighted by molar-refractivity contribution is 7.87. The van der Waals surface area contributed by atoms with E-state index in [4.69, 9.17) is 14.6 Å². The molecule has 6 rings (SSSR count). The zero-order valence-corrected chi connectivity index (χ0v) is 28.9. The lowest BCUT2D eigenvalue weighted by molar-refractivity contribution is 0.0323. The number of amides is 2. The molecular weight excluding hydrogens is 630 g/mol. The number of ether oxygens (including phenoxy) is 2. The number of carbonyl (C=O) groups is 1. The van der Waals surface area contributed by atoms with Gasteiger partial charge in [0.05, 0.1) is 36.8 Å². The summed E-state index contributed by atoms with van der Waals surface area (Å²) in [7, 11) is -3.60. The van der Waals surface area contributed by atoms with Crippen LogP contribution in [0.1, 0.15) is 45.9 Å². The average molecular weight is 675 g/mol. The van der Waals surface area contributed by atoms with Gasteiger partial charge < -0.3 is 14.8 Å². The Morgan fingerprint density at radius 2 is 1.71 bits per heavy atom. The van der Waals surface area contributed by atoms with E-state index >= 15 is 0 Å². The average Bonchev–Trinajstić information content (AvgIpc) is 3.57. The highest BCUT2D eigenvalue weighted by Gasteiger charge is 2.43. The minimum Gasteiger partial charge on any atom is -0.492 e. The Morgan fingerprint density at radius 3 is 2.38 bits per heavy atom. The second kappa shape index (κ2) is 13.5. The lowest BCUT2D eigenvalue weighted by atomic mass is 9.92. The molecule has 255 valence electrons. The molecule has 2 aliphatic heterocycles. The Balaban J connectivity index is 1.19. The number of morpholine rings is 1. The third kappa shape index (κ3) is 7.50. The molecule has 4 aromatic rings. The van der Waals surface area contributed by atoms with E-state index in [0.29, 0.717) is 18.1 Å². The van der Waals surface area contributed by atoms with Crippen LogP contribution in [0, 0.1) is 6.54 Å². The number of fused-ring (bicyclic) bond motifs is 1. The van der Waals surface area contributed by atoms with Crippen LogP contribution >= 0.6 is 0 Å². The van der Waals surface area contributed by atoms with Crippen LogP contribution < -0.4 is 20.1 Å². The summed E-state index contributed by atoms with van der Waals surface area (Å²) in [6, 6.07) is 20.6. The molecule has 48 heavy (non-hydrogen) atoms. The molecule has 3 aromatic carbocycles. The van der Waals surface area contributed by atoms with E-state index in [1.54, 1.807) is 11.2 Å². The van der Waals surface area contributed by atoms with Crippen molar-refractivity contribution in [3.05, 3.63) is 84.5 Å². The maximum Gasteiger partial charge on any atom is 0.324 e. The molecule has 13 heteroatoms. The molecule has 3 N–H and O–H groups in total. The molecule has 1 aromatic heterocycles. The van der Waals surface area contributed by atoms with Crippen molar-refractivity contribution in [1.29, 1.82) is 0 Å². The highest BCUT2D eigenvalue weighted by Crippen LogP contribution is 2.33. The Hall–Kier alpha value is -4.01. The first kappa shape index (κ1) is 33.9. The number of hydrogen-bond donors (Lipinski definition) is 3. The lowest BCUT2D eigenvalue weighted by Gasteiger charge is -2.27. The van der Waals surface area contributed by atoms with Crippen molar-refractivity contribution in [3.63, 3.8) is 0 Å². The predicted octanol–water partition coefficient (Wildman–Crippen LogP) is 5.27. The standard InChI is InChI=1S/C35H44N7O5S/c1-34(2,3)31-22-32(42(39-31)26-12-10-25(11-13-26)23-41-35(4,5)24-36-48(41,44)45)38-33(43)37-29-14-15-30(28-9-7-6-8-27(28)29)47-21-18-40-16-19-46-20-17-40/h6-15,22,24,36H,16-21,23H2,1-5H3,(H2,37,38,43). The summed E-state index contributed by atoms with van der Waals surface area (Å²) < 4.78 is 42.3. The van der Waals surface area contributed by atoms with Gasteiger partial charge >= 0.3 is 6.03 Å². The van der Waals surface area contributed by atoms with Gasteiger partial charge in [-0.25, -0.2) is 9.48 Å². The second-order valence-corrected chi connectivity index (χ2v) is 15.3. The highest BCUT2D eigenvalue weighted by atomic mass is 32.2. The van der Waals surface area contributed by atoms with Crippen LogP contribution in [0.4, 0.5) is 16.3 Å². The van der Waals surface area contributed by atoms with Gasteiger partial charge in [-0.05, 0) is 43.7 Å². The second-order valence-electron chi connectivity index (χ2n) is 13.7. The van der Waals surface area contributed by atoms with Crippen molar-refractivity contribution in [3.8, 4) is 11.4 Å². The monoisotopic (exact) mass is 674 g/mol. The SMILES string of the molecule is CC(C)(C)c1cc(NC(=O)Nc2ccc(OCCN3CCOCC3)c3ccccc23)n(-c2ccc(CN3C(C)(C)[CH]NS3(=O)=O)cc2)n1. The summed E-state index contributed by atoms with van der Waals surface area (Å²) in [6.07, 6.45) is 0. The fourth-order valence-corrected chi connectivity index (χ4v) is 7.34. The molecule has 3 heterocycles. The number of urea groups is 1. The Labute approximate surface area is 282 Å². The maximum atomic E-state index is 13.5. The van der Waals surface area contributed by atoms with Crippen molar-refractivity contribution in [2.75, 3.05) is 50.1 Å². The van der Waals surface area contributed by atoms with Crippen molar-refractivity contribution in [1.82, 2.24) is 23.7 Å². The van der Waals surface area contributed by atoms with Crippen molar-refractivity contribution in [2.45, 2.75) is 52.1 Å². The lowest BCUT2D eigenvalue weighted by Crippen LogP contribution is -2.40. The van der Waals surface area contributed by atoms with Gasteiger partial charge in [0.2, 0.25) is 0 Å².